The number of hydrogen-bond donors (Lipinski definition) is 2. The Balaban J connectivity index is 2.29. The molecule has 0 spiro atoms. The highest BCUT2D eigenvalue weighted by molar-refractivity contribution is 5.15. The van der Waals surface area contributed by atoms with Crippen LogP contribution < -0.4 is 5.32 Å². The second-order valence-electron chi connectivity index (χ2n) is 5.29. The molecule has 2 atom stereocenters. The van der Waals surface area contributed by atoms with Crippen molar-refractivity contribution in [3.8, 4) is 0 Å². The van der Waals surface area contributed by atoms with Crippen molar-refractivity contribution in [3.05, 3.63) is 35.9 Å². The van der Waals surface area contributed by atoms with Gasteiger partial charge in [0.1, 0.15) is 0 Å². The minimum atomic E-state index is -0.269. The Bertz CT molecular complexity index is 297. The number of aliphatic hydroxyl groups excluding tert-OH is 1. The summed E-state index contributed by atoms with van der Waals surface area (Å²) < 4.78 is 0. The number of rotatable bonds is 7. The van der Waals surface area contributed by atoms with Crippen LogP contribution in [0.1, 0.15) is 26.3 Å². The number of aliphatic hydroxyl groups is 1. The molecule has 0 fully saturated rings. The van der Waals surface area contributed by atoms with E-state index in [1.54, 1.807) is 0 Å². The summed E-state index contributed by atoms with van der Waals surface area (Å²) in [5.74, 6) is 0.920. The summed E-state index contributed by atoms with van der Waals surface area (Å²) in [5, 5.41) is 13.3. The lowest BCUT2D eigenvalue weighted by atomic mass is 9.96. The molecule has 0 aliphatic rings. The summed E-state index contributed by atoms with van der Waals surface area (Å²) in [6.45, 7) is 8.11. The van der Waals surface area contributed by atoms with E-state index in [9.17, 15) is 5.11 Å². The van der Waals surface area contributed by atoms with E-state index in [0.717, 1.165) is 13.0 Å². The predicted octanol–water partition coefficient (Wildman–Crippen LogP) is 2.47. The Labute approximate surface area is 105 Å². The Hall–Kier alpha value is -0.860. The van der Waals surface area contributed by atoms with Crippen molar-refractivity contribution in [1.82, 2.24) is 5.32 Å². The number of nitrogens with one attached hydrogen (secondary N) is 1. The molecule has 96 valence electrons. The fourth-order valence-electron chi connectivity index (χ4n) is 1.84. The molecular formula is C15H25NO. The van der Waals surface area contributed by atoms with E-state index in [0.29, 0.717) is 12.5 Å². The van der Waals surface area contributed by atoms with Gasteiger partial charge in [0, 0.05) is 6.54 Å². The fraction of sp³-hybridized carbons (Fsp3) is 0.600. The third-order valence-corrected chi connectivity index (χ3v) is 2.96. The molecule has 2 nitrogen and oxygen atoms in total. The van der Waals surface area contributed by atoms with E-state index >= 15 is 0 Å². The average molecular weight is 235 g/mol. The summed E-state index contributed by atoms with van der Waals surface area (Å²) in [7, 11) is 0. The van der Waals surface area contributed by atoms with E-state index < -0.39 is 0 Å². The molecule has 0 aliphatic carbocycles. The molecule has 2 unspecified atom stereocenters. The van der Waals surface area contributed by atoms with Crippen molar-refractivity contribution in [3.63, 3.8) is 0 Å². The maximum atomic E-state index is 10.0. The molecular weight excluding hydrogens is 210 g/mol. The van der Waals surface area contributed by atoms with E-state index in [2.05, 4.69) is 38.2 Å². The van der Waals surface area contributed by atoms with Gasteiger partial charge in [-0.15, -0.1) is 0 Å². The zero-order valence-corrected chi connectivity index (χ0v) is 11.2. The van der Waals surface area contributed by atoms with Crippen LogP contribution >= 0.6 is 0 Å². The van der Waals surface area contributed by atoms with Gasteiger partial charge < -0.3 is 10.4 Å². The van der Waals surface area contributed by atoms with E-state index in [1.165, 1.54) is 5.56 Å². The lowest BCUT2D eigenvalue weighted by Gasteiger charge is -2.20. The SMILES string of the molecule is CC(C)CNCC(O)C(C)Cc1ccccc1. The maximum absolute atomic E-state index is 10.0. The standard InChI is InChI=1S/C15H25NO/c1-12(2)10-16-11-15(17)13(3)9-14-7-5-4-6-8-14/h4-8,12-13,15-17H,9-11H2,1-3H3. The third-order valence-electron chi connectivity index (χ3n) is 2.96. The molecule has 17 heavy (non-hydrogen) atoms. The number of benzene rings is 1. The average Bonchev–Trinajstić information content (AvgIpc) is 2.29. The molecule has 0 saturated heterocycles. The first-order valence-corrected chi connectivity index (χ1v) is 6.52. The summed E-state index contributed by atoms with van der Waals surface area (Å²) in [4.78, 5) is 0. The van der Waals surface area contributed by atoms with Crippen LogP contribution in [-0.2, 0) is 6.42 Å². The highest BCUT2D eigenvalue weighted by Gasteiger charge is 2.14. The van der Waals surface area contributed by atoms with Crippen LogP contribution in [0.5, 0.6) is 0 Å². The summed E-state index contributed by atoms with van der Waals surface area (Å²) in [6, 6.07) is 10.3. The summed E-state index contributed by atoms with van der Waals surface area (Å²) >= 11 is 0. The molecule has 0 heterocycles. The van der Waals surface area contributed by atoms with Crippen LogP contribution in [0.3, 0.4) is 0 Å². The van der Waals surface area contributed by atoms with Crippen LogP contribution in [-0.4, -0.2) is 24.3 Å². The van der Waals surface area contributed by atoms with Crippen LogP contribution in [0, 0.1) is 11.8 Å². The topological polar surface area (TPSA) is 32.3 Å². The smallest absolute Gasteiger partial charge is 0.0693 e. The van der Waals surface area contributed by atoms with E-state index in [4.69, 9.17) is 0 Å². The zero-order valence-electron chi connectivity index (χ0n) is 11.2. The third kappa shape index (κ3) is 5.85. The Kier molecular flexibility index (Phi) is 6.23. The van der Waals surface area contributed by atoms with Crippen LogP contribution in [0.25, 0.3) is 0 Å². The maximum Gasteiger partial charge on any atom is 0.0693 e. The second kappa shape index (κ2) is 7.46. The molecule has 0 amide bonds. The first kappa shape index (κ1) is 14.2. The molecule has 0 saturated carbocycles. The van der Waals surface area contributed by atoms with Gasteiger partial charge in [-0.2, -0.15) is 0 Å². The molecule has 0 radical (unpaired) electrons. The predicted molar refractivity (Wildman–Crippen MR) is 73.0 cm³/mol. The van der Waals surface area contributed by atoms with E-state index in [1.807, 2.05) is 18.2 Å². The van der Waals surface area contributed by atoms with Crippen LogP contribution in [0.15, 0.2) is 30.3 Å². The van der Waals surface area contributed by atoms with Gasteiger partial charge in [0.25, 0.3) is 0 Å². The van der Waals surface area contributed by atoms with Crippen molar-refractivity contribution in [2.45, 2.75) is 33.3 Å². The van der Waals surface area contributed by atoms with Crippen molar-refractivity contribution in [1.29, 1.82) is 0 Å². The summed E-state index contributed by atoms with van der Waals surface area (Å²) in [6.07, 6.45) is 0.666. The van der Waals surface area contributed by atoms with Crippen molar-refractivity contribution in [2.75, 3.05) is 13.1 Å². The largest absolute Gasteiger partial charge is 0.392 e. The van der Waals surface area contributed by atoms with Crippen LogP contribution in [0.4, 0.5) is 0 Å². The van der Waals surface area contributed by atoms with E-state index in [-0.39, 0.29) is 12.0 Å². The van der Waals surface area contributed by atoms with Gasteiger partial charge in [0.2, 0.25) is 0 Å². The molecule has 0 aliphatic heterocycles. The van der Waals surface area contributed by atoms with Gasteiger partial charge in [-0.05, 0) is 30.4 Å². The normalized spacial score (nSPS) is 14.9. The Morgan fingerprint density at radius 2 is 1.71 bits per heavy atom. The first-order chi connectivity index (χ1) is 8.09. The minimum absolute atomic E-state index is 0.269. The monoisotopic (exact) mass is 235 g/mol. The highest BCUT2D eigenvalue weighted by Crippen LogP contribution is 2.11. The lowest BCUT2D eigenvalue weighted by Crippen LogP contribution is -2.34. The molecule has 2 N–H and O–H groups in total. The minimum Gasteiger partial charge on any atom is -0.392 e. The van der Waals surface area contributed by atoms with Crippen molar-refractivity contribution in [2.24, 2.45) is 11.8 Å². The Morgan fingerprint density at radius 3 is 2.29 bits per heavy atom. The second-order valence-corrected chi connectivity index (χ2v) is 5.29. The number of hydrogen-bond acceptors (Lipinski definition) is 2. The Morgan fingerprint density at radius 1 is 1.06 bits per heavy atom. The molecule has 1 aromatic carbocycles. The van der Waals surface area contributed by atoms with Gasteiger partial charge in [-0.25, -0.2) is 0 Å². The van der Waals surface area contributed by atoms with Crippen molar-refractivity contribution < 1.29 is 5.11 Å². The van der Waals surface area contributed by atoms with Gasteiger partial charge in [0.15, 0.2) is 0 Å². The van der Waals surface area contributed by atoms with Crippen LogP contribution in [0.2, 0.25) is 0 Å². The quantitative estimate of drug-likeness (QED) is 0.761. The zero-order chi connectivity index (χ0) is 12.7. The molecule has 0 bridgehead atoms. The summed E-state index contributed by atoms with van der Waals surface area (Å²) in [5.41, 5.74) is 1.29. The van der Waals surface area contributed by atoms with Gasteiger partial charge in [-0.1, -0.05) is 51.1 Å². The first-order valence-electron chi connectivity index (χ1n) is 6.52. The highest BCUT2D eigenvalue weighted by atomic mass is 16.3. The molecule has 1 rings (SSSR count). The van der Waals surface area contributed by atoms with Crippen molar-refractivity contribution >= 4 is 0 Å². The van der Waals surface area contributed by atoms with Gasteiger partial charge in [-0.3, -0.25) is 0 Å². The van der Waals surface area contributed by atoms with Gasteiger partial charge >= 0.3 is 0 Å². The van der Waals surface area contributed by atoms with Gasteiger partial charge in [0.05, 0.1) is 6.10 Å². The lowest BCUT2D eigenvalue weighted by molar-refractivity contribution is 0.114. The molecule has 0 aromatic heterocycles. The molecule has 1 aromatic rings. The fourth-order valence-corrected chi connectivity index (χ4v) is 1.84. The molecule has 2 heteroatoms.